The molecule has 6 heteroatoms. The fourth-order valence-electron chi connectivity index (χ4n) is 1.55. The number of rotatable bonds is 4. The molecule has 0 aromatic heterocycles. The lowest BCUT2D eigenvalue weighted by molar-refractivity contribution is -0.274. The van der Waals surface area contributed by atoms with Gasteiger partial charge in [-0.15, -0.1) is 13.2 Å². The summed E-state index contributed by atoms with van der Waals surface area (Å²) in [5.41, 5.74) is 6.62. The Morgan fingerprint density at radius 3 is 2.44 bits per heavy atom. The molecule has 2 atom stereocenters. The van der Waals surface area contributed by atoms with E-state index in [-0.39, 0.29) is 17.7 Å². The van der Waals surface area contributed by atoms with Gasteiger partial charge in [0.1, 0.15) is 5.75 Å². The molecule has 0 radical (unpaired) electrons. The molecule has 0 spiro atoms. The van der Waals surface area contributed by atoms with Crippen molar-refractivity contribution >= 4 is 15.9 Å². The monoisotopic (exact) mass is 325 g/mol. The summed E-state index contributed by atoms with van der Waals surface area (Å²) >= 11 is 3.16. The number of ether oxygens (including phenoxy) is 1. The van der Waals surface area contributed by atoms with Gasteiger partial charge in [0.25, 0.3) is 0 Å². The first kappa shape index (κ1) is 15.3. The van der Waals surface area contributed by atoms with Crippen molar-refractivity contribution in [1.82, 2.24) is 0 Å². The second-order valence-corrected chi connectivity index (χ2v) is 5.10. The highest BCUT2D eigenvalue weighted by atomic mass is 79.9. The van der Waals surface area contributed by atoms with Crippen LogP contribution in [0.5, 0.6) is 5.75 Å². The van der Waals surface area contributed by atoms with E-state index in [1.165, 1.54) is 12.1 Å². The Kier molecular flexibility index (Phi) is 5.04. The van der Waals surface area contributed by atoms with Crippen molar-refractivity contribution in [2.45, 2.75) is 32.7 Å². The van der Waals surface area contributed by atoms with Crippen LogP contribution in [0.4, 0.5) is 13.2 Å². The van der Waals surface area contributed by atoms with Gasteiger partial charge < -0.3 is 10.5 Å². The van der Waals surface area contributed by atoms with Gasteiger partial charge in [0.15, 0.2) is 0 Å². The Morgan fingerprint density at radius 1 is 1.33 bits per heavy atom. The normalized spacial score (nSPS) is 15.3. The van der Waals surface area contributed by atoms with Crippen LogP contribution in [-0.4, -0.2) is 6.36 Å². The number of benzene rings is 1. The molecule has 0 aliphatic carbocycles. The zero-order valence-electron chi connectivity index (χ0n) is 10.1. The molecule has 0 aliphatic heterocycles. The van der Waals surface area contributed by atoms with Gasteiger partial charge in [-0.1, -0.05) is 36.2 Å². The van der Waals surface area contributed by atoms with Crippen molar-refractivity contribution in [3.8, 4) is 5.75 Å². The van der Waals surface area contributed by atoms with Crippen molar-refractivity contribution in [3.05, 3.63) is 28.2 Å². The molecule has 0 aliphatic rings. The van der Waals surface area contributed by atoms with Gasteiger partial charge in [0.05, 0.1) is 0 Å². The van der Waals surface area contributed by atoms with Crippen LogP contribution >= 0.6 is 15.9 Å². The zero-order valence-corrected chi connectivity index (χ0v) is 11.7. The van der Waals surface area contributed by atoms with Gasteiger partial charge in [0.2, 0.25) is 0 Å². The largest absolute Gasteiger partial charge is 0.573 e. The first-order valence-corrected chi connectivity index (χ1v) is 6.34. The second-order valence-electron chi connectivity index (χ2n) is 4.18. The summed E-state index contributed by atoms with van der Waals surface area (Å²) in [6, 6.07) is 3.98. The average molecular weight is 326 g/mol. The van der Waals surface area contributed by atoms with E-state index in [0.29, 0.717) is 10.0 Å². The maximum absolute atomic E-state index is 12.2. The van der Waals surface area contributed by atoms with Crippen LogP contribution < -0.4 is 10.5 Å². The van der Waals surface area contributed by atoms with Gasteiger partial charge in [-0.3, -0.25) is 0 Å². The lowest BCUT2D eigenvalue weighted by atomic mass is 9.93. The minimum atomic E-state index is -4.70. The average Bonchev–Trinajstić information content (AvgIpc) is 2.23. The van der Waals surface area contributed by atoms with Crippen LogP contribution in [0.3, 0.4) is 0 Å². The highest BCUT2D eigenvalue weighted by molar-refractivity contribution is 9.10. The van der Waals surface area contributed by atoms with Crippen LogP contribution in [0.15, 0.2) is 22.7 Å². The first-order valence-electron chi connectivity index (χ1n) is 5.54. The Labute approximate surface area is 112 Å². The molecule has 0 fully saturated rings. The van der Waals surface area contributed by atoms with Crippen LogP contribution in [0.25, 0.3) is 0 Å². The van der Waals surface area contributed by atoms with Gasteiger partial charge in [-0.05, 0) is 29.7 Å². The van der Waals surface area contributed by atoms with E-state index in [4.69, 9.17) is 5.73 Å². The summed E-state index contributed by atoms with van der Waals surface area (Å²) in [5, 5.41) is 0. The smallest absolute Gasteiger partial charge is 0.406 e. The van der Waals surface area contributed by atoms with Crippen molar-refractivity contribution in [2.24, 2.45) is 11.7 Å². The molecule has 0 saturated heterocycles. The SMILES string of the molecule is CCC(C)[C@H](N)c1cc(Br)cc(OC(F)(F)F)c1. The molecule has 2 nitrogen and oxygen atoms in total. The topological polar surface area (TPSA) is 35.2 Å². The summed E-state index contributed by atoms with van der Waals surface area (Å²) < 4.78 is 40.9. The van der Waals surface area contributed by atoms with Crippen LogP contribution in [0.2, 0.25) is 0 Å². The molecule has 1 rings (SSSR count). The second kappa shape index (κ2) is 5.93. The summed E-state index contributed by atoms with van der Waals surface area (Å²) in [7, 11) is 0. The number of nitrogens with two attached hydrogens (primary N) is 1. The lowest BCUT2D eigenvalue weighted by Gasteiger charge is -2.20. The molecule has 1 aromatic carbocycles. The van der Waals surface area contributed by atoms with Crippen LogP contribution in [0, 0.1) is 5.92 Å². The Balaban J connectivity index is 3.01. The van der Waals surface area contributed by atoms with E-state index in [1.807, 2.05) is 13.8 Å². The van der Waals surface area contributed by atoms with E-state index in [2.05, 4.69) is 20.7 Å². The summed E-state index contributed by atoms with van der Waals surface area (Å²) in [6.07, 6.45) is -3.85. The molecule has 0 heterocycles. The third-order valence-electron chi connectivity index (χ3n) is 2.77. The van der Waals surface area contributed by atoms with Crippen molar-refractivity contribution in [3.63, 3.8) is 0 Å². The minimum absolute atomic E-state index is 0.179. The van der Waals surface area contributed by atoms with E-state index in [0.717, 1.165) is 6.42 Å². The van der Waals surface area contributed by atoms with E-state index >= 15 is 0 Å². The summed E-state index contributed by atoms with van der Waals surface area (Å²) in [5.74, 6) is -0.0799. The molecule has 0 bridgehead atoms. The molecular formula is C12H15BrF3NO. The summed E-state index contributed by atoms with van der Waals surface area (Å²) in [4.78, 5) is 0. The number of alkyl halides is 3. The number of halogens is 4. The van der Waals surface area contributed by atoms with Gasteiger partial charge in [0, 0.05) is 10.5 Å². The van der Waals surface area contributed by atoms with Crippen LogP contribution in [-0.2, 0) is 0 Å². The molecule has 0 saturated carbocycles. The lowest BCUT2D eigenvalue weighted by Crippen LogP contribution is -2.20. The quantitative estimate of drug-likeness (QED) is 0.890. The fraction of sp³-hybridized carbons (Fsp3) is 0.500. The Bertz CT molecular complexity index is 409. The maximum atomic E-state index is 12.2. The predicted molar refractivity (Wildman–Crippen MR) is 67.2 cm³/mol. The van der Waals surface area contributed by atoms with Crippen molar-refractivity contribution < 1.29 is 17.9 Å². The highest BCUT2D eigenvalue weighted by Gasteiger charge is 2.31. The molecule has 18 heavy (non-hydrogen) atoms. The highest BCUT2D eigenvalue weighted by Crippen LogP contribution is 2.31. The third-order valence-corrected chi connectivity index (χ3v) is 3.23. The van der Waals surface area contributed by atoms with E-state index in [1.54, 1.807) is 6.07 Å². The van der Waals surface area contributed by atoms with Crippen molar-refractivity contribution in [2.75, 3.05) is 0 Å². The first-order chi connectivity index (χ1) is 8.23. The standard InChI is InChI=1S/C12H15BrF3NO/c1-3-7(2)11(17)8-4-9(13)6-10(5-8)18-12(14,15)16/h4-7,11H,3,17H2,1-2H3/t7?,11-/m0/s1. The molecule has 2 N–H and O–H groups in total. The Hall–Kier alpha value is -0.750. The Morgan fingerprint density at radius 2 is 1.94 bits per heavy atom. The van der Waals surface area contributed by atoms with E-state index < -0.39 is 6.36 Å². The minimum Gasteiger partial charge on any atom is -0.406 e. The summed E-state index contributed by atoms with van der Waals surface area (Å²) in [6.45, 7) is 3.94. The van der Waals surface area contributed by atoms with Gasteiger partial charge in [-0.25, -0.2) is 0 Å². The van der Waals surface area contributed by atoms with Gasteiger partial charge in [-0.2, -0.15) is 0 Å². The molecule has 1 aromatic rings. The third kappa shape index (κ3) is 4.49. The number of hydrogen-bond donors (Lipinski definition) is 1. The molecular weight excluding hydrogens is 311 g/mol. The zero-order chi connectivity index (χ0) is 13.9. The molecule has 102 valence electrons. The molecule has 0 amide bonds. The number of hydrogen-bond acceptors (Lipinski definition) is 2. The van der Waals surface area contributed by atoms with E-state index in [9.17, 15) is 13.2 Å². The van der Waals surface area contributed by atoms with Crippen molar-refractivity contribution in [1.29, 1.82) is 0 Å². The fourth-order valence-corrected chi connectivity index (χ4v) is 2.04. The van der Waals surface area contributed by atoms with Gasteiger partial charge >= 0.3 is 6.36 Å². The molecule has 1 unspecified atom stereocenters. The maximum Gasteiger partial charge on any atom is 0.573 e. The predicted octanol–water partition coefficient (Wildman–Crippen LogP) is 4.39. The van der Waals surface area contributed by atoms with Crippen LogP contribution in [0.1, 0.15) is 31.9 Å².